The zero-order valence-electron chi connectivity index (χ0n) is 31.9. The number of rotatable bonds is 6. The molecule has 0 aliphatic heterocycles. The van der Waals surface area contributed by atoms with E-state index in [1.165, 1.54) is 22.3 Å². The van der Waals surface area contributed by atoms with E-state index in [2.05, 4.69) is 115 Å². The second kappa shape index (κ2) is 13.2. The van der Waals surface area contributed by atoms with Crippen molar-refractivity contribution in [1.29, 1.82) is 0 Å². The number of nitrogens with zero attached hydrogens (tertiary/aromatic N) is 7. The van der Waals surface area contributed by atoms with Crippen molar-refractivity contribution in [3.8, 4) is 79.2 Å². The first-order valence-electron chi connectivity index (χ1n) is 19.5. The fraction of sp³-hybridized carbons (Fsp3) is 0.0588. The highest BCUT2D eigenvalue weighted by Gasteiger charge is 2.35. The molecule has 10 aromatic rings. The molecule has 0 N–H and O–H groups in total. The molecular formula is C51H35N7. The molecule has 58 heavy (non-hydrogen) atoms. The molecular weight excluding hydrogens is 711 g/mol. The van der Waals surface area contributed by atoms with Crippen molar-refractivity contribution in [2.75, 3.05) is 0 Å². The van der Waals surface area contributed by atoms with Crippen LogP contribution in [-0.4, -0.2) is 34.5 Å². The van der Waals surface area contributed by atoms with Crippen molar-refractivity contribution < 1.29 is 0 Å². The average molecular weight is 746 g/mol. The molecule has 0 radical (unpaired) electrons. The molecule has 3 heterocycles. The molecule has 0 saturated heterocycles. The van der Waals surface area contributed by atoms with Gasteiger partial charge in [0.05, 0.1) is 5.52 Å². The number of benzene rings is 7. The monoisotopic (exact) mass is 745 g/mol. The van der Waals surface area contributed by atoms with Gasteiger partial charge >= 0.3 is 0 Å². The van der Waals surface area contributed by atoms with Gasteiger partial charge in [-0.25, -0.2) is 19.9 Å². The van der Waals surface area contributed by atoms with Gasteiger partial charge in [0.25, 0.3) is 0 Å². The Morgan fingerprint density at radius 3 is 1.64 bits per heavy atom. The molecule has 274 valence electrons. The summed E-state index contributed by atoms with van der Waals surface area (Å²) in [4.78, 5) is 20.0. The molecule has 0 atom stereocenters. The smallest absolute Gasteiger partial charge is 0.172 e. The van der Waals surface area contributed by atoms with Crippen LogP contribution in [0.1, 0.15) is 25.0 Å². The van der Waals surface area contributed by atoms with Gasteiger partial charge in [0.2, 0.25) is 0 Å². The first kappa shape index (κ1) is 33.7. The van der Waals surface area contributed by atoms with Crippen LogP contribution in [-0.2, 0) is 5.41 Å². The maximum Gasteiger partial charge on any atom is 0.172 e. The summed E-state index contributed by atoms with van der Waals surface area (Å²) in [7, 11) is 0. The van der Waals surface area contributed by atoms with Gasteiger partial charge in [-0.1, -0.05) is 166 Å². The summed E-state index contributed by atoms with van der Waals surface area (Å²) in [6, 6.07) is 60.6. The normalized spacial score (nSPS) is 12.8. The molecule has 3 aromatic heterocycles. The lowest BCUT2D eigenvalue weighted by Crippen LogP contribution is -2.15. The number of para-hydroxylation sites is 1. The highest BCUT2D eigenvalue weighted by molar-refractivity contribution is 5.94. The highest BCUT2D eigenvalue weighted by Crippen LogP contribution is 2.49. The van der Waals surface area contributed by atoms with Gasteiger partial charge in [0.1, 0.15) is 5.82 Å². The molecule has 0 fully saturated rings. The van der Waals surface area contributed by atoms with Crippen molar-refractivity contribution in [2.24, 2.45) is 0 Å². The summed E-state index contributed by atoms with van der Waals surface area (Å²) in [5.74, 6) is 3.43. The van der Waals surface area contributed by atoms with Crippen LogP contribution in [0.25, 0.3) is 95.7 Å². The molecule has 7 heteroatoms. The Bertz CT molecular complexity index is 3130. The van der Waals surface area contributed by atoms with Crippen LogP contribution in [0.15, 0.2) is 176 Å². The van der Waals surface area contributed by atoms with E-state index in [9.17, 15) is 0 Å². The Morgan fingerprint density at radius 1 is 0.379 bits per heavy atom. The first-order valence-corrected chi connectivity index (χ1v) is 19.5. The molecule has 1 aliphatic carbocycles. The van der Waals surface area contributed by atoms with Crippen molar-refractivity contribution >= 4 is 16.6 Å². The van der Waals surface area contributed by atoms with Gasteiger partial charge < -0.3 is 0 Å². The molecule has 7 nitrogen and oxygen atoms in total. The van der Waals surface area contributed by atoms with E-state index in [-0.39, 0.29) is 5.41 Å². The van der Waals surface area contributed by atoms with Gasteiger partial charge in [0, 0.05) is 38.6 Å². The van der Waals surface area contributed by atoms with E-state index in [0.717, 1.165) is 67.1 Å². The molecule has 0 spiro atoms. The fourth-order valence-electron chi connectivity index (χ4n) is 8.39. The van der Waals surface area contributed by atoms with Gasteiger partial charge in [-0.2, -0.15) is 0 Å². The largest absolute Gasteiger partial charge is 0.258 e. The topological polar surface area (TPSA) is 81.8 Å². The maximum absolute atomic E-state index is 5.28. The molecule has 0 unspecified atom stereocenters. The number of fused-ring (bicyclic) bond motifs is 6. The minimum absolute atomic E-state index is 0.141. The Balaban J connectivity index is 1.00. The van der Waals surface area contributed by atoms with Crippen LogP contribution < -0.4 is 0 Å². The molecule has 0 amide bonds. The molecule has 0 bridgehead atoms. The lowest BCUT2D eigenvalue weighted by Gasteiger charge is -2.21. The summed E-state index contributed by atoms with van der Waals surface area (Å²) < 4.78 is 2.12. The van der Waals surface area contributed by atoms with Crippen LogP contribution in [0.5, 0.6) is 0 Å². The number of hydrogen-bond donors (Lipinski definition) is 0. The van der Waals surface area contributed by atoms with Crippen LogP contribution in [0.4, 0.5) is 0 Å². The average Bonchev–Trinajstić information content (AvgIpc) is 3.84. The van der Waals surface area contributed by atoms with Gasteiger partial charge in [-0.05, 0) is 57.6 Å². The number of hydrogen-bond acceptors (Lipinski definition) is 6. The zero-order chi connectivity index (χ0) is 38.8. The zero-order valence-corrected chi connectivity index (χ0v) is 31.9. The van der Waals surface area contributed by atoms with Crippen LogP contribution in [0, 0.1) is 0 Å². The van der Waals surface area contributed by atoms with E-state index < -0.39 is 0 Å². The Labute approximate surface area is 335 Å². The predicted molar refractivity (Wildman–Crippen MR) is 232 cm³/mol. The van der Waals surface area contributed by atoms with E-state index >= 15 is 0 Å². The second-order valence-corrected chi connectivity index (χ2v) is 15.3. The van der Waals surface area contributed by atoms with Gasteiger partial charge in [0.15, 0.2) is 28.9 Å². The van der Waals surface area contributed by atoms with Crippen LogP contribution in [0.3, 0.4) is 0 Å². The quantitative estimate of drug-likeness (QED) is 0.169. The fourth-order valence-corrected chi connectivity index (χ4v) is 8.39. The van der Waals surface area contributed by atoms with E-state index in [1.807, 2.05) is 78.9 Å². The minimum Gasteiger partial charge on any atom is -0.258 e. The summed E-state index contributed by atoms with van der Waals surface area (Å²) in [6.45, 7) is 4.60. The summed E-state index contributed by atoms with van der Waals surface area (Å²) in [6.07, 6.45) is 0. The minimum atomic E-state index is -0.141. The SMILES string of the molecule is CC1(C)c2ccccc2-c2ccc(-c3nnc4c5ccccc5nc(-c5cccc(-c6ccc(-c7nc(-c8ccccc8)nc(-c8ccccc8)n7)cc6)c5)n34)cc21. The second-order valence-electron chi connectivity index (χ2n) is 15.3. The van der Waals surface area contributed by atoms with Crippen molar-refractivity contribution in [3.05, 3.63) is 187 Å². The highest BCUT2D eigenvalue weighted by atomic mass is 15.3. The van der Waals surface area contributed by atoms with Crippen molar-refractivity contribution in [1.82, 2.24) is 34.5 Å². The Hall–Kier alpha value is -7.64. The molecule has 11 rings (SSSR count). The van der Waals surface area contributed by atoms with Crippen molar-refractivity contribution in [2.45, 2.75) is 19.3 Å². The lowest BCUT2D eigenvalue weighted by molar-refractivity contribution is 0.660. The molecule has 0 saturated carbocycles. The predicted octanol–water partition coefficient (Wildman–Crippen LogP) is 11.8. The van der Waals surface area contributed by atoms with E-state index in [0.29, 0.717) is 17.5 Å². The van der Waals surface area contributed by atoms with E-state index in [1.54, 1.807) is 0 Å². The lowest BCUT2D eigenvalue weighted by atomic mass is 9.82. The van der Waals surface area contributed by atoms with Gasteiger partial charge in [-0.3, -0.25) is 4.40 Å². The Morgan fingerprint density at radius 2 is 0.914 bits per heavy atom. The van der Waals surface area contributed by atoms with Crippen molar-refractivity contribution in [3.63, 3.8) is 0 Å². The standard InChI is InChI=1S/C51H35N7/c1-51(2)42-22-11-9-20-39(42)40-29-28-38(31-43(40)51)49-56-57-50-41-21-10-12-23-44(41)52-48(58(49)50)37-19-13-18-36(30-37)32-24-26-35(27-25-32)47-54-45(33-14-5-3-6-15-33)53-46(55-47)34-16-7-4-8-17-34/h3-31H,1-2H3. The van der Waals surface area contributed by atoms with Crippen LogP contribution >= 0.6 is 0 Å². The third kappa shape index (κ3) is 5.51. The van der Waals surface area contributed by atoms with Gasteiger partial charge in [-0.15, -0.1) is 10.2 Å². The maximum atomic E-state index is 5.28. The van der Waals surface area contributed by atoms with E-state index in [4.69, 9.17) is 30.1 Å². The number of aromatic nitrogens is 7. The summed E-state index contributed by atoms with van der Waals surface area (Å²) in [5.41, 5.74) is 13.6. The summed E-state index contributed by atoms with van der Waals surface area (Å²) in [5, 5.41) is 10.6. The molecule has 7 aromatic carbocycles. The Kier molecular flexibility index (Phi) is 7.69. The third-order valence-corrected chi connectivity index (χ3v) is 11.4. The molecule has 1 aliphatic rings. The summed E-state index contributed by atoms with van der Waals surface area (Å²) >= 11 is 0. The first-order chi connectivity index (χ1) is 28.5. The third-order valence-electron chi connectivity index (χ3n) is 11.4. The van der Waals surface area contributed by atoms with Crippen LogP contribution in [0.2, 0.25) is 0 Å².